The number of nitrogens with one attached hydrogen (secondary N) is 2. The van der Waals surface area contributed by atoms with Gasteiger partial charge in [-0.25, -0.2) is 0 Å². The smallest absolute Gasteiger partial charge is 0.191 e. The first-order valence-corrected chi connectivity index (χ1v) is 10.7. The molecule has 1 aliphatic heterocycles. The minimum atomic E-state index is 0.283. The number of guanidine groups is 1. The van der Waals surface area contributed by atoms with Crippen molar-refractivity contribution in [2.45, 2.75) is 45.3 Å². The molecule has 2 atom stereocenters. The van der Waals surface area contributed by atoms with E-state index in [0.717, 1.165) is 71.2 Å². The van der Waals surface area contributed by atoms with Gasteiger partial charge in [-0.15, -0.1) is 0 Å². The van der Waals surface area contributed by atoms with Crippen LogP contribution in [0.5, 0.6) is 0 Å². The van der Waals surface area contributed by atoms with Crippen LogP contribution in [0.3, 0.4) is 0 Å². The number of aliphatic imine (C=N–C) groups is 1. The zero-order valence-electron chi connectivity index (χ0n) is 17.8. The number of likely N-dealkylation sites (N-methyl/N-ethyl adjacent to an activating group) is 1. The van der Waals surface area contributed by atoms with E-state index >= 15 is 0 Å². The van der Waals surface area contributed by atoms with Gasteiger partial charge in [-0.3, -0.25) is 9.89 Å². The molecule has 1 fully saturated rings. The second-order valence-corrected chi connectivity index (χ2v) is 7.15. The molecule has 1 aliphatic rings. The Hall–Kier alpha value is -1.63. The Morgan fingerprint density at radius 3 is 2.68 bits per heavy atom. The van der Waals surface area contributed by atoms with E-state index in [0.29, 0.717) is 6.04 Å². The Labute approximate surface area is 170 Å². The maximum Gasteiger partial charge on any atom is 0.191 e. The number of rotatable bonds is 12. The van der Waals surface area contributed by atoms with Gasteiger partial charge in [0.1, 0.15) is 0 Å². The van der Waals surface area contributed by atoms with Crippen molar-refractivity contribution in [1.29, 1.82) is 0 Å². The van der Waals surface area contributed by atoms with E-state index in [1.54, 1.807) is 0 Å². The standard InChI is InChI=1S/C22H38N4O2/c1-4-26(5-2)20(16-19-10-7-6-8-11-19)17-25-22(23-3)24-13-9-14-28-21-12-15-27-18-21/h6-8,10-11,20-21H,4-5,9,12-18H2,1-3H3,(H2,23,24,25). The van der Waals surface area contributed by atoms with Gasteiger partial charge in [-0.2, -0.15) is 0 Å². The Kier molecular flexibility index (Phi) is 10.9. The maximum atomic E-state index is 5.81. The van der Waals surface area contributed by atoms with E-state index in [1.165, 1.54) is 5.56 Å². The van der Waals surface area contributed by atoms with Gasteiger partial charge >= 0.3 is 0 Å². The van der Waals surface area contributed by atoms with Gasteiger partial charge in [-0.05, 0) is 37.9 Å². The Bertz CT molecular complexity index is 543. The molecular formula is C22H38N4O2. The summed E-state index contributed by atoms with van der Waals surface area (Å²) in [5.41, 5.74) is 1.37. The summed E-state index contributed by atoms with van der Waals surface area (Å²) in [6.07, 6.45) is 3.29. The molecule has 2 N–H and O–H groups in total. The third-order valence-corrected chi connectivity index (χ3v) is 5.23. The molecule has 0 bridgehead atoms. The fraction of sp³-hybridized carbons (Fsp3) is 0.682. The lowest BCUT2D eigenvalue weighted by Crippen LogP contribution is -2.48. The van der Waals surface area contributed by atoms with E-state index in [4.69, 9.17) is 9.47 Å². The van der Waals surface area contributed by atoms with Crippen molar-refractivity contribution < 1.29 is 9.47 Å². The van der Waals surface area contributed by atoms with Crippen molar-refractivity contribution in [3.8, 4) is 0 Å². The maximum absolute atomic E-state index is 5.81. The highest BCUT2D eigenvalue weighted by molar-refractivity contribution is 5.79. The van der Waals surface area contributed by atoms with Crippen molar-refractivity contribution >= 4 is 5.96 Å². The molecule has 0 radical (unpaired) electrons. The van der Waals surface area contributed by atoms with Crippen molar-refractivity contribution in [2.75, 3.05) is 53.0 Å². The van der Waals surface area contributed by atoms with Gasteiger partial charge in [0.05, 0.1) is 12.7 Å². The topological polar surface area (TPSA) is 58.1 Å². The van der Waals surface area contributed by atoms with Gasteiger partial charge in [0, 0.05) is 39.4 Å². The molecule has 2 unspecified atom stereocenters. The van der Waals surface area contributed by atoms with Crippen LogP contribution in [0.2, 0.25) is 0 Å². The van der Waals surface area contributed by atoms with E-state index in [2.05, 4.69) is 64.7 Å². The first-order valence-electron chi connectivity index (χ1n) is 10.7. The normalized spacial score (nSPS) is 18.4. The Morgan fingerprint density at radius 1 is 1.25 bits per heavy atom. The second kappa shape index (κ2) is 13.5. The summed E-state index contributed by atoms with van der Waals surface area (Å²) in [4.78, 5) is 6.87. The van der Waals surface area contributed by atoms with Crippen LogP contribution in [-0.4, -0.2) is 76.1 Å². The summed E-state index contributed by atoms with van der Waals surface area (Å²) in [5, 5.41) is 6.91. The highest BCUT2D eigenvalue weighted by Crippen LogP contribution is 2.09. The highest BCUT2D eigenvalue weighted by atomic mass is 16.5. The van der Waals surface area contributed by atoms with Crippen LogP contribution in [0.1, 0.15) is 32.3 Å². The average molecular weight is 391 g/mol. The van der Waals surface area contributed by atoms with E-state index in [9.17, 15) is 0 Å². The van der Waals surface area contributed by atoms with Gasteiger partial charge < -0.3 is 20.1 Å². The molecule has 158 valence electrons. The highest BCUT2D eigenvalue weighted by Gasteiger charge is 2.17. The Balaban J connectivity index is 1.73. The fourth-order valence-electron chi connectivity index (χ4n) is 3.56. The van der Waals surface area contributed by atoms with Gasteiger partial charge in [-0.1, -0.05) is 44.2 Å². The number of hydrogen-bond donors (Lipinski definition) is 2. The molecule has 0 aliphatic carbocycles. The summed E-state index contributed by atoms with van der Waals surface area (Å²) in [5.74, 6) is 0.856. The molecule has 0 spiro atoms. The average Bonchev–Trinajstić information content (AvgIpc) is 3.25. The largest absolute Gasteiger partial charge is 0.379 e. The van der Waals surface area contributed by atoms with E-state index in [-0.39, 0.29) is 6.10 Å². The van der Waals surface area contributed by atoms with Gasteiger partial charge in [0.15, 0.2) is 5.96 Å². The minimum Gasteiger partial charge on any atom is -0.379 e. The first kappa shape index (κ1) is 22.7. The van der Waals surface area contributed by atoms with E-state index in [1.807, 2.05) is 7.05 Å². The fourth-order valence-corrected chi connectivity index (χ4v) is 3.56. The molecule has 2 rings (SSSR count). The van der Waals surface area contributed by atoms with E-state index < -0.39 is 0 Å². The van der Waals surface area contributed by atoms with Crippen LogP contribution in [0, 0.1) is 0 Å². The molecule has 28 heavy (non-hydrogen) atoms. The molecular weight excluding hydrogens is 352 g/mol. The molecule has 0 saturated carbocycles. The molecule has 1 saturated heterocycles. The predicted molar refractivity (Wildman–Crippen MR) is 116 cm³/mol. The monoisotopic (exact) mass is 390 g/mol. The lowest BCUT2D eigenvalue weighted by molar-refractivity contribution is 0.0420. The second-order valence-electron chi connectivity index (χ2n) is 7.15. The summed E-state index contributed by atoms with van der Waals surface area (Å²) >= 11 is 0. The van der Waals surface area contributed by atoms with Crippen molar-refractivity contribution in [1.82, 2.24) is 15.5 Å². The predicted octanol–water partition coefficient (Wildman–Crippen LogP) is 2.30. The van der Waals surface area contributed by atoms with Crippen LogP contribution < -0.4 is 10.6 Å². The lowest BCUT2D eigenvalue weighted by atomic mass is 10.0. The van der Waals surface area contributed by atoms with Crippen LogP contribution in [0.25, 0.3) is 0 Å². The summed E-state index contributed by atoms with van der Waals surface area (Å²) in [6, 6.07) is 11.1. The molecule has 1 aromatic rings. The number of ether oxygens (including phenoxy) is 2. The van der Waals surface area contributed by atoms with Crippen molar-refractivity contribution in [2.24, 2.45) is 4.99 Å². The number of nitrogens with zero attached hydrogens (tertiary/aromatic N) is 2. The van der Waals surface area contributed by atoms with Crippen molar-refractivity contribution in [3.63, 3.8) is 0 Å². The number of hydrogen-bond acceptors (Lipinski definition) is 4. The van der Waals surface area contributed by atoms with Crippen LogP contribution in [-0.2, 0) is 15.9 Å². The summed E-state index contributed by atoms with van der Waals surface area (Å²) < 4.78 is 11.1. The molecule has 6 nitrogen and oxygen atoms in total. The molecule has 0 amide bonds. The lowest BCUT2D eigenvalue weighted by Gasteiger charge is -2.30. The molecule has 0 aromatic heterocycles. The van der Waals surface area contributed by atoms with Crippen LogP contribution in [0.15, 0.2) is 35.3 Å². The van der Waals surface area contributed by atoms with Gasteiger partial charge in [0.2, 0.25) is 0 Å². The molecule has 6 heteroatoms. The third kappa shape index (κ3) is 8.17. The quantitative estimate of drug-likeness (QED) is 0.326. The zero-order chi connectivity index (χ0) is 20.0. The van der Waals surface area contributed by atoms with Crippen molar-refractivity contribution in [3.05, 3.63) is 35.9 Å². The summed E-state index contributed by atoms with van der Waals surface area (Å²) in [7, 11) is 1.82. The van der Waals surface area contributed by atoms with Crippen LogP contribution in [0.4, 0.5) is 0 Å². The number of benzene rings is 1. The third-order valence-electron chi connectivity index (χ3n) is 5.23. The van der Waals surface area contributed by atoms with Crippen LogP contribution >= 0.6 is 0 Å². The van der Waals surface area contributed by atoms with Gasteiger partial charge in [0.25, 0.3) is 0 Å². The summed E-state index contributed by atoms with van der Waals surface area (Å²) in [6.45, 7) is 10.6. The first-order chi connectivity index (χ1) is 13.8. The Morgan fingerprint density at radius 2 is 2.04 bits per heavy atom. The zero-order valence-corrected chi connectivity index (χ0v) is 17.8. The SMILES string of the molecule is CCN(CC)C(CNC(=NC)NCCCOC1CCOC1)Cc1ccccc1. The molecule has 1 heterocycles. The minimum absolute atomic E-state index is 0.283. The molecule has 1 aromatic carbocycles.